The molecule has 0 spiro atoms. The van der Waals surface area contributed by atoms with E-state index in [0.717, 1.165) is 24.5 Å². The summed E-state index contributed by atoms with van der Waals surface area (Å²) >= 11 is 1.66. The molecule has 0 saturated carbocycles. The van der Waals surface area contributed by atoms with Crippen LogP contribution in [0, 0.1) is 6.92 Å². The molecular weight excluding hydrogens is 282 g/mol. The molecule has 2 aromatic heterocycles. The Balaban J connectivity index is 2.12. The molecular formula is C16H21N3OS. The van der Waals surface area contributed by atoms with Crippen molar-refractivity contribution in [3.63, 3.8) is 0 Å². The number of carbonyl (C=O) groups is 1. The molecule has 0 saturated heterocycles. The van der Waals surface area contributed by atoms with Gasteiger partial charge in [0.25, 0.3) is 5.91 Å². The van der Waals surface area contributed by atoms with E-state index in [-0.39, 0.29) is 5.91 Å². The van der Waals surface area contributed by atoms with Gasteiger partial charge in [0, 0.05) is 29.7 Å². The zero-order valence-electron chi connectivity index (χ0n) is 12.7. The number of anilines is 1. The summed E-state index contributed by atoms with van der Waals surface area (Å²) in [6.45, 7) is 5.50. The molecule has 2 heterocycles. The summed E-state index contributed by atoms with van der Waals surface area (Å²) in [6, 6.07) is 7.71. The van der Waals surface area contributed by atoms with Crippen molar-refractivity contribution in [2.24, 2.45) is 0 Å². The van der Waals surface area contributed by atoms with Crippen molar-refractivity contribution in [2.45, 2.75) is 26.8 Å². The molecule has 0 aliphatic rings. The molecule has 112 valence electrons. The highest BCUT2D eigenvalue weighted by Crippen LogP contribution is 2.15. The van der Waals surface area contributed by atoms with Crippen molar-refractivity contribution in [1.29, 1.82) is 0 Å². The van der Waals surface area contributed by atoms with Gasteiger partial charge in [0.2, 0.25) is 0 Å². The molecule has 0 aromatic carbocycles. The molecule has 0 radical (unpaired) electrons. The minimum Gasteiger partial charge on any atom is -0.370 e. The third kappa shape index (κ3) is 4.29. The van der Waals surface area contributed by atoms with E-state index >= 15 is 0 Å². The maximum Gasteiger partial charge on any atom is 0.254 e. The Morgan fingerprint density at radius 2 is 2.24 bits per heavy atom. The van der Waals surface area contributed by atoms with Crippen LogP contribution in [0.1, 0.15) is 34.3 Å². The first-order valence-corrected chi connectivity index (χ1v) is 7.98. The lowest BCUT2D eigenvalue weighted by Crippen LogP contribution is -2.26. The number of thiophene rings is 1. The summed E-state index contributed by atoms with van der Waals surface area (Å²) in [4.78, 5) is 19.9. The number of carbonyl (C=O) groups excluding carboxylic acids is 1. The van der Waals surface area contributed by atoms with Gasteiger partial charge in [0.15, 0.2) is 0 Å². The molecule has 5 heteroatoms. The van der Waals surface area contributed by atoms with Crippen molar-refractivity contribution < 1.29 is 4.79 Å². The summed E-state index contributed by atoms with van der Waals surface area (Å²) in [5.74, 6) is 0.790. The topological polar surface area (TPSA) is 45.2 Å². The Morgan fingerprint density at radius 1 is 1.43 bits per heavy atom. The summed E-state index contributed by atoms with van der Waals surface area (Å²) in [5, 5.41) is 5.26. The smallest absolute Gasteiger partial charge is 0.254 e. The first-order valence-electron chi connectivity index (χ1n) is 7.10. The van der Waals surface area contributed by atoms with Crippen LogP contribution >= 0.6 is 11.3 Å². The van der Waals surface area contributed by atoms with Crippen molar-refractivity contribution in [3.05, 3.63) is 45.8 Å². The molecule has 0 unspecified atom stereocenters. The molecule has 4 nitrogen and oxygen atoms in total. The van der Waals surface area contributed by atoms with Crippen LogP contribution in [0.25, 0.3) is 0 Å². The summed E-state index contributed by atoms with van der Waals surface area (Å²) in [6.07, 6.45) is 1.02. The number of hydrogen-bond donors (Lipinski definition) is 1. The number of aromatic nitrogens is 1. The molecule has 2 aromatic rings. The lowest BCUT2D eigenvalue weighted by molar-refractivity contribution is 0.0786. The third-order valence-corrected chi connectivity index (χ3v) is 3.94. The standard InChI is InChI=1S/C16H21N3OS/c1-4-7-17-15-10-13(9-12(2)18-15)16(20)19(3)11-14-6-5-8-21-14/h5-6,8-10H,4,7,11H2,1-3H3,(H,17,18). The van der Waals surface area contributed by atoms with Gasteiger partial charge in [0.05, 0.1) is 6.54 Å². The van der Waals surface area contributed by atoms with E-state index in [4.69, 9.17) is 0 Å². The number of pyridine rings is 1. The van der Waals surface area contributed by atoms with Gasteiger partial charge in [-0.1, -0.05) is 13.0 Å². The predicted molar refractivity (Wildman–Crippen MR) is 87.9 cm³/mol. The van der Waals surface area contributed by atoms with Crippen molar-refractivity contribution in [1.82, 2.24) is 9.88 Å². The van der Waals surface area contributed by atoms with Crippen molar-refractivity contribution in [2.75, 3.05) is 18.9 Å². The van der Waals surface area contributed by atoms with Gasteiger partial charge in [-0.2, -0.15) is 0 Å². The monoisotopic (exact) mass is 303 g/mol. The number of nitrogens with one attached hydrogen (secondary N) is 1. The summed E-state index contributed by atoms with van der Waals surface area (Å²) in [5.41, 5.74) is 1.53. The van der Waals surface area contributed by atoms with E-state index in [1.807, 2.05) is 43.6 Å². The average molecular weight is 303 g/mol. The molecule has 0 aliphatic heterocycles. The van der Waals surface area contributed by atoms with Crippen molar-refractivity contribution >= 4 is 23.1 Å². The fourth-order valence-corrected chi connectivity index (χ4v) is 2.82. The lowest BCUT2D eigenvalue weighted by Gasteiger charge is -2.17. The van der Waals surface area contributed by atoms with Crippen LogP contribution in [0.5, 0.6) is 0 Å². The second kappa shape index (κ2) is 7.22. The van der Waals surface area contributed by atoms with Crippen LogP contribution in [0.2, 0.25) is 0 Å². The maximum absolute atomic E-state index is 12.5. The Morgan fingerprint density at radius 3 is 2.90 bits per heavy atom. The zero-order valence-corrected chi connectivity index (χ0v) is 13.5. The number of aryl methyl sites for hydroxylation is 1. The zero-order chi connectivity index (χ0) is 15.2. The van der Waals surface area contributed by atoms with Gasteiger partial charge in [-0.3, -0.25) is 4.79 Å². The second-order valence-corrected chi connectivity index (χ2v) is 6.08. The highest BCUT2D eigenvalue weighted by Gasteiger charge is 2.14. The second-order valence-electron chi connectivity index (χ2n) is 5.05. The normalized spacial score (nSPS) is 10.4. The Kier molecular flexibility index (Phi) is 5.33. The van der Waals surface area contributed by atoms with Crippen LogP contribution in [0.4, 0.5) is 5.82 Å². The lowest BCUT2D eigenvalue weighted by atomic mass is 10.2. The van der Waals surface area contributed by atoms with E-state index in [1.54, 1.807) is 16.2 Å². The average Bonchev–Trinajstić information content (AvgIpc) is 2.96. The highest BCUT2D eigenvalue weighted by atomic mass is 32.1. The molecule has 0 fully saturated rings. The van der Waals surface area contributed by atoms with Gasteiger partial charge < -0.3 is 10.2 Å². The number of hydrogen-bond acceptors (Lipinski definition) is 4. The van der Waals surface area contributed by atoms with Gasteiger partial charge in [-0.25, -0.2) is 4.98 Å². The fourth-order valence-electron chi connectivity index (χ4n) is 2.06. The predicted octanol–water partition coefficient (Wildman–Crippen LogP) is 3.55. The molecule has 21 heavy (non-hydrogen) atoms. The maximum atomic E-state index is 12.5. The summed E-state index contributed by atoms with van der Waals surface area (Å²) < 4.78 is 0. The number of nitrogens with zero attached hydrogens (tertiary/aromatic N) is 2. The van der Waals surface area contributed by atoms with Gasteiger partial charge in [-0.15, -0.1) is 11.3 Å². The molecule has 1 amide bonds. The van der Waals surface area contributed by atoms with E-state index in [1.165, 1.54) is 4.88 Å². The van der Waals surface area contributed by atoms with Crippen LogP contribution in [-0.4, -0.2) is 29.4 Å². The Labute approximate surface area is 129 Å². The van der Waals surface area contributed by atoms with Gasteiger partial charge in [0.1, 0.15) is 5.82 Å². The van der Waals surface area contributed by atoms with Crippen LogP contribution in [0.15, 0.2) is 29.6 Å². The van der Waals surface area contributed by atoms with E-state index in [2.05, 4.69) is 17.2 Å². The minimum absolute atomic E-state index is 0.0217. The number of amides is 1. The summed E-state index contributed by atoms with van der Waals surface area (Å²) in [7, 11) is 1.83. The van der Waals surface area contributed by atoms with Gasteiger partial charge in [-0.05, 0) is 36.9 Å². The van der Waals surface area contributed by atoms with Crippen LogP contribution < -0.4 is 5.32 Å². The molecule has 0 aliphatic carbocycles. The SMILES string of the molecule is CCCNc1cc(C(=O)N(C)Cc2cccs2)cc(C)n1. The third-order valence-electron chi connectivity index (χ3n) is 3.08. The number of rotatable bonds is 6. The van der Waals surface area contributed by atoms with Gasteiger partial charge >= 0.3 is 0 Å². The van der Waals surface area contributed by atoms with Crippen LogP contribution in [-0.2, 0) is 6.54 Å². The van der Waals surface area contributed by atoms with E-state index in [0.29, 0.717) is 12.1 Å². The Bertz CT molecular complexity index is 596. The quantitative estimate of drug-likeness (QED) is 0.887. The molecule has 1 N–H and O–H groups in total. The Hall–Kier alpha value is -1.88. The van der Waals surface area contributed by atoms with Crippen molar-refractivity contribution in [3.8, 4) is 0 Å². The van der Waals surface area contributed by atoms with E-state index < -0.39 is 0 Å². The first kappa shape index (κ1) is 15.5. The largest absolute Gasteiger partial charge is 0.370 e. The molecule has 2 rings (SSSR count). The molecule has 0 bridgehead atoms. The minimum atomic E-state index is 0.0217. The highest BCUT2D eigenvalue weighted by molar-refractivity contribution is 7.09. The fraction of sp³-hybridized carbons (Fsp3) is 0.375. The van der Waals surface area contributed by atoms with Crippen LogP contribution in [0.3, 0.4) is 0 Å². The molecule has 0 atom stereocenters. The van der Waals surface area contributed by atoms with E-state index in [9.17, 15) is 4.79 Å². The first-order chi connectivity index (χ1) is 10.1.